The molecule has 1 amide bonds. The molecule has 0 saturated heterocycles. The zero-order valence-corrected chi connectivity index (χ0v) is 9.28. The standard InChI is InChI=1S/C9H11BrN2O2/c1-6(10)4-12-9(14)7-2-3-11-5-8(7)13/h2-3,5-6,13H,4H2,1H3,(H,12,14). The van der Waals surface area contributed by atoms with Crippen LogP contribution in [0.1, 0.15) is 17.3 Å². The summed E-state index contributed by atoms with van der Waals surface area (Å²) in [6.07, 6.45) is 2.71. The first-order valence-corrected chi connectivity index (χ1v) is 5.08. The van der Waals surface area contributed by atoms with E-state index >= 15 is 0 Å². The highest BCUT2D eigenvalue weighted by Gasteiger charge is 2.10. The van der Waals surface area contributed by atoms with E-state index in [9.17, 15) is 9.90 Å². The van der Waals surface area contributed by atoms with Crippen LogP contribution in [0.4, 0.5) is 0 Å². The van der Waals surface area contributed by atoms with Crippen LogP contribution in [0.15, 0.2) is 18.5 Å². The monoisotopic (exact) mass is 258 g/mol. The molecular weight excluding hydrogens is 248 g/mol. The van der Waals surface area contributed by atoms with Gasteiger partial charge in [-0.15, -0.1) is 0 Å². The number of halogens is 1. The van der Waals surface area contributed by atoms with Crippen molar-refractivity contribution in [2.75, 3.05) is 6.54 Å². The zero-order chi connectivity index (χ0) is 10.6. The number of rotatable bonds is 3. The molecule has 1 unspecified atom stereocenters. The second-order valence-electron chi connectivity index (χ2n) is 2.88. The zero-order valence-electron chi connectivity index (χ0n) is 7.70. The van der Waals surface area contributed by atoms with Crippen molar-refractivity contribution >= 4 is 21.8 Å². The lowest BCUT2D eigenvalue weighted by Crippen LogP contribution is -2.28. The number of carbonyl (C=O) groups is 1. The van der Waals surface area contributed by atoms with Gasteiger partial charge in [-0.1, -0.05) is 22.9 Å². The summed E-state index contributed by atoms with van der Waals surface area (Å²) in [4.78, 5) is 15.3. The fourth-order valence-electron chi connectivity index (χ4n) is 0.907. The third kappa shape index (κ3) is 2.99. The van der Waals surface area contributed by atoms with E-state index in [4.69, 9.17) is 0 Å². The number of carbonyl (C=O) groups excluding carboxylic acids is 1. The Morgan fingerprint density at radius 2 is 2.50 bits per heavy atom. The Morgan fingerprint density at radius 3 is 3.07 bits per heavy atom. The highest BCUT2D eigenvalue weighted by molar-refractivity contribution is 9.09. The molecule has 0 bridgehead atoms. The molecule has 1 heterocycles. The highest BCUT2D eigenvalue weighted by atomic mass is 79.9. The van der Waals surface area contributed by atoms with Crippen molar-refractivity contribution in [3.8, 4) is 5.75 Å². The summed E-state index contributed by atoms with van der Waals surface area (Å²) in [5.74, 6) is -0.400. The maximum absolute atomic E-state index is 11.5. The molecule has 1 aromatic rings. The number of alkyl halides is 1. The van der Waals surface area contributed by atoms with E-state index in [1.807, 2.05) is 6.92 Å². The SMILES string of the molecule is CC(Br)CNC(=O)c1ccncc1O. The van der Waals surface area contributed by atoms with Gasteiger partial charge in [-0.25, -0.2) is 0 Å². The molecule has 0 fully saturated rings. The lowest BCUT2D eigenvalue weighted by atomic mass is 10.2. The van der Waals surface area contributed by atoms with Crippen molar-refractivity contribution in [1.29, 1.82) is 0 Å². The van der Waals surface area contributed by atoms with Crippen molar-refractivity contribution in [3.63, 3.8) is 0 Å². The normalized spacial score (nSPS) is 12.1. The van der Waals surface area contributed by atoms with Crippen molar-refractivity contribution in [1.82, 2.24) is 10.3 Å². The van der Waals surface area contributed by atoms with Crippen LogP contribution >= 0.6 is 15.9 Å². The van der Waals surface area contributed by atoms with Gasteiger partial charge in [0.2, 0.25) is 0 Å². The molecule has 0 aromatic carbocycles. The molecular formula is C9H11BrN2O2. The van der Waals surface area contributed by atoms with E-state index in [2.05, 4.69) is 26.2 Å². The van der Waals surface area contributed by atoms with Gasteiger partial charge in [-0.3, -0.25) is 9.78 Å². The van der Waals surface area contributed by atoms with Crippen molar-refractivity contribution < 1.29 is 9.90 Å². The number of aromatic nitrogens is 1. The summed E-state index contributed by atoms with van der Waals surface area (Å²) >= 11 is 3.30. The smallest absolute Gasteiger partial charge is 0.255 e. The quantitative estimate of drug-likeness (QED) is 0.804. The Morgan fingerprint density at radius 1 is 1.79 bits per heavy atom. The molecule has 1 aromatic heterocycles. The summed E-state index contributed by atoms with van der Waals surface area (Å²) in [5, 5.41) is 12.0. The van der Waals surface area contributed by atoms with Gasteiger partial charge in [-0.05, 0) is 6.07 Å². The summed E-state index contributed by atoms with van der Waals surface area (Å²) < 4.78 is 0. The molecule has 4 nitrogen and oxygen atoms in total. The van der Waals surface area contributed by atoms with Crippen LogP contribution in [-0.4, -0.2) is 27.4 Å². The average molecular weight is 259 g/mol. The molecule has 0 saturated carbocycles. The van der Waals surface area contributed by atoms with E-state index < -0.39 is 0 Å². The number of nitrogens with one attached hydrogen (secondary N) is 1. The van der Waals surface area contributed by atoms with Crippen LogP contribution in [0.25, 0.3) is 0 Å². The first kappa shape index (κ1) is 11.0. The Labute approximate surface area is 90.5 Å². The van der Waals surface area contributed by atoms with Gasteiger partial charge in [0.25, 0.3) is 5.91 Å². The molecule has 0 radical (unpaired) electrons. The van der Waals surface area contributed by atoms with Crippen LogP contribution in [0, 0.1) is 0 Å². The third-order valence-corrected chi connectivity index (χ3v) is 1.91. The minimum atomic E-state index is -0.295. The first-order valence-electron chi connectivity index (χ1n) is 4.16. The van der Waals surface area contributed by atoms with Gasteiger partial charge in [0.15, 0.2) is 0 Å². The van der Waals surface area contributed by atoms with Gasteiger partial charge in [0.05, 0.1) is 11.8 Å². The predicted octanol–water partition coefficient (Wildman–Crippen LogP) is 1.30. The van der Waals surface area contributed by atoms with Crippen LogP contribution in [-0.2, 0) is 0 Å². The van der Waals surface area contributed by atoms with E-state index in [1.54, 1.807) is 0 Å². The number of amides is 1. The van der Waals surface area contributed by atoms with Gasteiger partial charge >= 0.3 is 0 Å². The maximum Gasteiger partial charge on any atom is 0.255 e. The number of pyridine rings is 1. The lowest BCUT2D eigenvalue weighted by molar-refractivity contribution is 0.0951. The van der Waals surface area contributed by atoms with Crippen LogP contribution in [0.5, 0.6) is 5.75 Å². The molecule has 1 rings (SSSR count). The molecule has 0 aliphatic carbocycles. The minimum Gasteiger partial charge on any atom is -0.505 e. The minimum absolute atomic E-state index is 0.104. The summed E-state index contributed by atoms with van der Waals surface area (Å²) in [7, 11) is 0. The molecule has 1 atom stereocenters. The summed E-state index contributed by atoms with van der Waals surface area (Å²) in [5.41, 5.74) is 0.244. The number of aromatic hydroxyl groups is 1. The first-order chi connectivity index (χ1) is 6.61. The van der Waals surface area contributed by atoms with E-state index in [0.29, 0.717) is 6.54 Å². The molecule has 76 valence electrons. The fourth-order valence-corrected chi connectivity index (χ4v) is 1.07. The van der Waals surface area contributed by atoms with Crippen LogP contribution < -0.4 is 5.32 Å². The van der Waals surface area contributed by atoms with E-state index in [1.165, 1.54) is 18.5 Å². The van der Waals surface area contributed by atoms with Gasteiger partial charge in [0, 0.05) is 17.6 Å². The van der Waals surface area contributed by atoms with E-state index in [0.717, 1.165) is 0 Å². The second kappa shape index (κ2) is 4.95. The Kier molecular flexibility index (Phi) is 3.88. The molecule has 5 heteroatoms. The van der Waals surface area contributed by atoms with Crippen LogP contribution in [0.2, 0.25) is 0 Å². The second-order valence-corrected chi connectivity index (χ2v) is 4.45. The van der Waals surface area contributed by atoms with Crippen LogP contribution in [0.3, 0.4) is 0 Å². The maximum atomic E-state index is 11.5. The molecule has 0 aliphatic heterocycles. The molecule has 0 spiro atoms. The third-order valence-electron chi connectivity index (χ3n) is 1.59. The fraction of sp³-hybridized carbons (Fsp3) is 0.333. The Hall–Kier alpha value is -1.10. The summed E-state index contributed by atoms with van der Waals surface area (Å²) in [6, 6.07) is 1.48. The molecule has 14 heavy (non-hydrogen) atoms. The van der Waals surface area contributed by atoms with Crippen molar-refractivity contribution in [3.05, 3.63) is 24.0 Å². The topological polar surface area (TPSA) is 62.2 Å². The number of hydrogen-bond acceptors (Lipinski definition) is 3. The van der Waals surface area contributed by atoms with E-state index in [-0.39, 0.29) is 22.0 Å². The Bertz CT molecular complexity index is 328. The van der Waals surface area contributed by atoms with Crippen molar-refractivity contribution in [2.24, 2.45) is 0 Å². The van der Waals surface area contributed by atoms with Gasteiger partial charge < -0.3 is 10.4 Å². The Balaban J connectivity index is 2.65. The predicted molar refractivity (Wildman–Crippen MR) is 56.6 cm³/mol. The average Bonchev–Trinajstić information content (AvgIpc) is 2.15. The lowest BCUT2D eigenvalue weighted by Gasteiger charge is -2.07. The largest absolute Gasteiger partial charge is 0.505 e. The van der Waals surface area contributed by atoms with Gasteiger partial charge in [-0.2, -0.15) is 0 Å². The molecule has 2 N–H and O–H groups in total. The van der Waals surface area contributed by atoms with Gasteiger partial charge in [0.1, 0.15) is 5.75 Å². The molecule has 0 aliphatic rings. The van der Waals surface area contributed by atoms with Crippen molar-refractivity contribution in [2.45, 2.75) is 11.8 Å². The highest BCUT2D eigenvalue weighted by Crippen LogP contribution is 2.13. The summed E-state index contributed by atoms with van der Waals surface area (Å²) in [6.45, 7) is 2.44. The number of nitrogens with zero attached hydrogens (tertiary/aromatic N) is 1. The number of hydrogen-bond donors (Lipinski definition) is 2.